The van der Waals surface area contributed by atoms with E-state index in [1.54, 1.807) is 28.0 Å². The molecule has 8 nitrogen and oxygen atoms in total. The van der Waals surface area contributed by atoms with Crippen LogP contribution in [0.25, 0.3) is 11.3 Å². The summed E-state index contributed by atoms with van der Waals surface area (Å²) >= 11 is 1.75. The zero-order chi connectivity index (χ0) is 26.2. The molecule has 194 valence electrons. The smallest absolute Gasteiger partial charge is 0.211 e. The largest absolute Gasteiger partial charge is 0.483 e. The SMILES string of the molecule is C=C1c2cc(CN3CCN(S(C)(=O)=O)CC3)sc2C(c2cncc(O[C@H](C)c3ccccn3)c2)=CN1C. The Hall–Kier alpha value is -3.05. The van der Waals surface area contributed by atoms with E-state index in [1.807, 2.05) is 49.3 Å². The highest BCUT2D eigenvalue weighted by molar-refractivity contribution is 7.88. The second-order valence-corrected chi connectivity index (χ2v) is 12.5. The molecule has 1 atom stereocenters. The van der Waals surface area contributed by atoms with Gasteiger partial charge in [-0.15, -0.1) is 11.3 Å². The number of nitrogens with zero attached hydrogens (tertiary/aromatic N) is 5. The van der Waals surface area contributed by atoms with Crippen molar-refractivity contribution in [2.45, 2.75) is 19.6 Å². The quantitative estimate of drug-likeness (QED) is 0.450. The Balaban J connectivity index is 1.36. The molecule has 1 fully saturated rings. The first-order valence-electron chi connectivity index (χ1n) is 12.2. The Bertz CT molecular complexity index is 1430. The van der Waals surface area contributed by atoms with Gasteiger partial charge in [0.25, 0.3) is 0 Å². The average molecular weight is 538 g/mol. The van der Waals surface area contributed by atoms with Crippen LogP contribution in [-0.2, 0) is 16.6 Å². The van der Waals surface area contributed by atoms with E-state index in [0.717, 1.165) is 52.6 Å². The van der Waals surface area contributed by atoms with E-state index in [4.69, 9.17) is 4.74 Å². The molecular weight excluding hydrogens is 506 g/mol. The summed E-state index contributed by atoms with van der Waals surface area (Å²) < 4.78 is 31.4. The van der Waals surface area contributed by atoms with Gasteiger partial charge in [-0.2, -0.15) is 4.31 Å². The number of piperazine rings is 1. The van der Waals surface area contributed by atoms with Gasteiger partial charge in [-0.25, -0.2) is 8.42 Å². The first-order chi connectivity index (χ1) is 17.7. The summed E-state index contributed by atoms with van der Waals surface area (Å²) in [6, 6.07) is 10.0. The first kappa shape index (κ1) is 25.6. The van der Waals surface area contributed by atoms with Gasteiger partial charge in [0.15, 0.2) is 0 Å². The van der Waals surface area contributed by atoms with Gasteiger partial charge in [0.2, 0.25) is 10.0 Å². The number of hydrogen-bond donors (Lipinski definition) is 0. The average Bonchev–Trinajstić information content (AvgIpc) is 3.30. The summed E-state index contributed by atoms with van der Waals surface area (Å²) in [5, 5.41) is 0. The highest BCUT2D eigenvalue weighted by Crippen LogP contribution is 2.42. The van der Waals surface area contributed by atoms with Crippen LogP contribution in [0.2, 0.25) is 0 Å². The summed E-state index contributed by atoms with van der Waals surface area (Å²) in [6.45, 7) is 9.56. The van der Waals surface area contributed by atoms with Gasteiger partial charge in [-0.05, 0) is 31.2 Å². The number of thiophene rings is 1. The van der Waals surface area contributed by atoms with Crippen LogP contribution in [-0.4, -0.2) is 72.0 Å². The van der Waals surface area contributed by atoms with Crippen LogP contribution in [0.1, 0.15) is 39.6 Å². The van der Waals surface area contributed by atoms with Gasteiger partial charge in [0, 0.05) is 90.5 Å². The molecule has 0 amide bonds. The second kappa shape index (κ2) is 10.4. The molecule has 2 aliphatic heterocycles. The number of hydrogen-bond acceptors (Lipinski definition) is 8. The highest BCUT2D eigenvalue weighted by atomic mass is 32.2. The summed E-state index contributed by atoms with van der Waals surface area (Å²) in [5.41, 5.74) is 4.98. The number of ether oxygens (including phenoxy) is 1. The first-order valence-corrected chi connectivity index (χ1v) is 14.8. The molecule has 1 saturated heterocycles. The molecule has 0 bridgehead atoms. The maximum atomic E-state index is 11.8. The van der Waals surface area contributed by atoms with E-state index < -0.39 is 10.0 Å². The molecule has 0 aliphatic carbocycles. The van der Waals surface area contributed by atoms with E-state index in [2.05, 4.69) is 33.7 Å². The van der Waals surface area contributed by atoms with Gasteiger partial charge in [0.05, 0.1) is 18.1 Å². The van der Waals surface area contributed by atoms with Crippen molar-refractivity contribution in [1.29, 1.82) is 0 Å². The lowest BCUT2D eigenvalue weighted by Crippen LogP contribution is -2.47. The fourth-order valence-corrected chi connectivity index (χ4v) is 6.69. The summed E-state index contributed by atoms with van der Waals surface area (Å²) in [7, 11) is -1.13. The van der Waals surface area contributed by atoms with Crippen molar-refractivity contribution in [3.8, 4) is 5.75 Å². The van der Waals surface area contributed by atoms with Gasteiger partial charge in [-0.1, -0.05) is 12.6 Å². The molecule has 3 aromatic heterocycles. The molecule has 37 heavy (non-hydrogen) atoms. The van der Waals surface area contributed by atoms with Crippen molar-refractivity contribution in [3.05, 3.63) is 88.3 Å². The zero-order valence-corrected chi connectivity index (χ0v) is 22.9. The molecule has 0 unspecified atom stereocenters. The molecule has 0 spiro atoms. The molecule has 3 aromatic rings. The minimum atomic E-state index is -3.14. The maximum absolute atomic E-state index is 11.8. The lowest BCUT2D eigenvalue weighted by atomic mass is 9.99. The third-order valence-corrected chi connectivity index (χ3v) is 9.16. The van der Waals surface area contributed by atoms with E-state index in [9.17, 15) is 8.42 Å². The Labute approximate surface area is 222 Å². The Morgan fingerprint density at radius 3 is 2.65 bits per heavy atom. The van der Waals surface area contributed by atoms with Crippen LogP contribution in [0.3, 0.4) is 0 Å². The highest BCUT2D eigenvalue weighted by Gasteiger charge is 2.27. The monoisotopic (exact) mass is 537 g/mol. The van der Waals surface area contributed by atoms with Crippen LogP contribution in [0.15, 0.2) is 61.7 Å². The predicted molar refractivity (Wildman–Crippen MR) is 147 cm³/mol. The van der Waals surface area contributed by atoms with Crippen molar-refractivity contribution in [2.24, 2.45) is 0 Å². The zero-order valence-electron chi connectivity index (χ0n) is 21.3. The number of aromatic nitrogens is 2. The van der Waals surface area contributed by atoms with Crippen LogP contribution in [0, 0.1) is 0 Å². The van der Waals surface area contributed by atoms with Gasteiger partial charge >= 0.3 is 0 Å². The molecular formula is C27H31N5O3S2. The molecule has 5 rings (SSSR count). The molecule has 5 heterocycles. The molecule has 0 radical (unpaired) electrons. The topological polar surface area (TPSA) is 78.9 Å². The van der Waals surface area contributed by atoms with Crippen molar-refractivity contribution in [2.75, 3.05) is 39.5 Å². The van der Waals surface area contributed by atoms with Gasteiger partial charge < -0.3 is 9.64 Å². The lowest BCUT2D eigenvalue weighted by Gasteiger charge is -2.32. The van der Waals surface area contributed by atoms with Crippen LogP contribution >= 0.6 is 11.3 Å². The standard InChI is InChI=1S/C27H31N5O3S2/c1-19-24-14-23(17-31-9-11-32(12-10-31)37(4,33)34)36-27(24)25(18-30(19)3)21-13-22(16-28-15-21)35-20(2)26-7-5-6-8-29-26/h5-8,13-16,18,20H,1,9-12,17H2,2-4H3/t20-/m1/s1. The number of fused-ring (bicyclic) bond motifs is 1. The van der Waals surface area contributed by atoms with Crippen molar-refractivity contribution >= 4 is 32.6 Å². The Kier molecular flexibility index (Phi) is 7.17. The van der Waals surface area contributed by atoms with E-state index in [0.29, 0.717) is 18.8 Å². The molecule has 0 saturated carbocycles. The van der Waals surface area contributed by atoms with Crippen molar-refractivity contribution in [1.82, 2.24) is 24.1 Å². The summed E-state index contributed by atoms with van der Waals surface area (Å²) in [6.07, 6.45) is 8.53. The summed E-state index contributed by atoms with van der Waals surface area (Å²) in [4.78, 5) is 15.6. The van der Waals surface area contributed by atoms with Crippen molar-refractivity contribution in [3.63, 3.8) is 0 Å². The van der Waals surface area contributed by atoms with Crippen LogP contribution in [0.5, 0.6) is 5.75 Å². The number of pyridine rings is 2. The molecule has 2 aliphatic rings. The maximum Gasteiger partial charge on any atom is 0.211 e. The molecule has 0 N–H and O–H groups in total. The third kappa shape index (κ3) is 5.62. The van der Waals surface area contributed by atoms with E-state index in [1.165, 1.54) is 11.1 Å². The van der Waals surface area contributed by atoms with E-state index >= 15 is 0 Å². The van der Waals surface area contributed by atoms with E-state index in [-0.39, 0.29) is 6.10 Å². The Morgan fingerprint density at radius 1 is 1.16 bits per heavy atom. The van der Waals surface area contributed by atoms with Crippen LogP contribution in [0.4, 0.5) is 0 Å². The summed E-state index contributed by atoms with van der Waals surface area (Å²) in [5.74, 6) is 0.686. The number of rotatable bonds is 7. The predicted octanol–water partition coefficient (Wildman–Crippen LogP) is 4.06. The van der Waals surface area contributed by atoms with Gasteiger partial charge in [0.1, 0.15) is 11.9 Å². The fourth-order valence-electron chi connectivity index (χ4n) is 4.61. The fraction of sp³-hybridized carbons (Fsp3) is 0.333. The minimum absolute atomic E-state index is 0.201. The molecule has 10 heteroatoms. The van der Waals surface area contributed by atoms with Crippen molar-refractivity contribution < 1.29 is 13.2 Å². The normalized spacial score (nSPS) is 17.9. The third-order valence-electron chi connectivity index (χ3n) is 6.71. The van der Waals surface area contributed by atoms with Crippen LogP contribution < -0.4 is 4.74 Å². The molecule has 0 aromatic carbocycles. The Morgan fingerprint density at radius 2 is 1.95 bits per heavy atom. The second-order valence-electron chi connectivity index (χ2n) is 9.42. The van der Waals surface area contributed by atoms with Gasteiger partial charge in [-0.3, -0.25) is 14.9 Å². The number of sulfonamides is 1. The minimum Gasteiger partial charge on any atom is -0.483 e. The lowest BCUT2D eigenvalue weighted by molar-refractivity contribution is 0.183.